The Morgan fingerprint density at radius 3 is 1.83 bits per heavy atom. The number of carbonyl (C=O) groups excluding carboxylic acids is 2. The van der Waals surface area contributed by atoms with Crippen molar-refractivity contribution in [3.63, 3.8) is 0 Å². The van der Waals surface area contributed by atoms with Crippen LogP contribution in [0.15, 0.2) is 0 Å². The smallest absolute Gasteiger partial charge is 0.311 e. The van der Waals surface area contributed by atoms with E-state index in [2.05, 4.69) is 5.32 Å². The zero-order chi connectivity index (χ0) is 9.94. The summed E-state index contributed by atoms with van der Waals surface area (Å²) < 4.78 is 0. The Labute approximate surface area is 72.9 Å². The number of likely N-dealkylation sites (N-methyl/N-ethyl adjacent to an activating group) is 1. The minimum atomic E-state index is -0.563. The highest BCUT2D eigenvalue weighted by molar-refractivity contribution is 6.35. The second kappa shape index (κ2) is 3.56. The molecular weight excluding hydrogens is 156 g/mol. The Bertz CT molecular complexity index is 192. The summed E-state index contributed by atoms with van der Waals surface area (Å²) in [5.41, 5.74) is -0.358. The Hall–Kier alpha value is -1.06. The minimum Gasteiger partial charge on any atom is -0.343 e. The van der Waals surface area contributed by atoms with Crippen LogP contribution in [-0.2, 0) is 9.59 Å². The van der Waals surface area contributed by atoms with Crippen LogP contribution in [0.2, 0.25) is 0 Å². The molecule has 0 spiro atoms. The molecule has 0 aliphatic rings. The number of hydrogen-bond donors (Lipinski definition) is 1. The van der Waals surface area contributed by atoms with Crippen molar-refractivity contribution in [2.24, 2.45) is 0 Å². The van der Waals surface area contributed by atoms with Crippen LogP contribution in [0.5, 0.6) is 0 Å². The molecule has 70 valence electrons. The van der Waals surface area contributed by atoms with Gasteiger partial charge in [0.25, 0.3) is 0 Å². The molecule has 0 unspecified atom stereocenters. The fourth-order valence-electron chi connectivity index (χ4n) is 0.597. The van der Waals surface area contributed by atoms with Gasteiger partial charge in [0.1, 0.15) is 0 Å². The van der Waals surface area contributed by atoms with Crippen LogP contribution in [0.4, 0.5) is 0 Å². The van der Waals surface area contributed by atoms with E-state index in [1.165, 1.54) is 4.90 Å². The third-order valence-electron chi connectivity index (χ3n) is 1.09. The van der Waals surface area contributed by atoms with E-state index in [1.807, 2.05) is 20.8 Å². The quantitative estimate of drug-likeness (QED) is 0.522. The average Bonchev–Trinajstić information content (AvgIpc) is 1.82. The highest BCUT2D eigenvalue weighted by Gasteiger charge is 2.20. The Morgan fingerprint density at radius 2 is 1.58 bits per heavy atom. The van der Waals surface area contributed by atoms with Crippen LogP contribution >= 0.6 is 0 Å². The van der Waals surface area contributed by atoms with E-state index >= 15 is 0 Å². The molecule has 4 nitrogen and oxygen atoms in total. The molecule has 2 amide bonds. The van der Waals surface area contributed by atoms with Gasteiger partial charge in [-0.1, -0.05) is 0 Å². The summed E-state index contributed by atoms with van der Waals surface area (Å²) in [5.74, 6) is -1.09. The van der Waals surface area contributed by atoms with Crippen molar-refractivity contribution in [3.05, 3.63) is 0 Å². The first-order chi connectivity index (χ1) is 5.24. The normalized spacial score (nSPS) is 10.8. The molecule has 12 heavy (non-hydrogen) atoms. The molecule has 4 heteroatoms. The van der Waals surface area contributed by atoms with Crippen LogP contribution in [0.3, 0.4) is 0 Å². The molecule has 0 aliphatic heterocycles. The van der Waals surface area contributed by atoms with Crippen molar-refractivity contribution in [2.45, 2.75) is 26.3 Å². The van der Waals surface area contributed by atoms with Crippen LogP contribution < -0.4 is 5.32 Å². The molecule has 0 aliphatic carbocycles. The largest absolute Gasteiger partial charge is 0.343 e. The van der Waals surface area contributed by atoms with Gasteiger partial charge in [0.05, 0.1) is 0 Å². The molecule has 0 aromatic heterocycles. The number of nitrogens with zero attached hydrogens (tertiary/aromatic N) is 1. The second-order valence-corrected chi connectivity index (χ2v) is 3.90. The van der Waals surface area contributed by atoms with Gasteiger partial charge in [-0.05, 0) is 20.8 Å². The van der Waals surface area contributed by atoms with Gasteiger partial charge in [0, 0.05) is 19.6 Å². The molecule has 0 fully saturated rings. The summed E-state index contributed by atoms with van der Waals surface area (Å²) in [7, 11) is 3.09. The highest BCUT2D eigenvalue weighted by atomic mass is 16.2. The SMILES string of the molecule is CN(C)C(=O)C(=O)NC(C)(C)C. The van der Waals surface area contributed by atoms with Crippen molar-refractivity contribution >= 4 is 11.8 Å². The van der Waals surface area contributed by atoms with Crippen LogP contribution in [0, 0.1) is 0 Å². The van der Waals surface area contributed by atoms with E-state index in [4.69, 9.17) is 0 Å². The van der Waals surface area contributed by atoms with E-state index in [0.717, 1.165) is 0 Å². The van der Waals surface area contributed by atoms with E-state index in [1.54, 1.807) is 14.1 Å². The van der Waals surface area contributed by atoms with Crippen molar-refractivity contribution < 1.29 is 9.59 Å². The first-order valence-electron chi connectivity index (χ1n) is 3.78. The van der Waals surface area contributed by atoms with Crippen LogP contribution in [0.1, 0.15) is 20.8 Å². The standard InChI is InChI=1S/C8H16N2O2/c1-8(2,3)9-6(11)7(12)10(4)5/h1-5H3,(H,9,11). The van der Waals surface area contributed by atoms with E-state index < -0.39 is 11.8 Å². The summed E-state index contributed by atoms with van der Waals surface area (Å²) >= 11 is 0. The highest BCUT2D eigenvalue weighted by Crippen LogP contribution is 1.98. The van der Waals surface area contributed by atoms with Gasteiger partial charge in [-0.3, -0.25) is 9.59 Å². The molecule has 0 saturated carbocycles. The lowest BCUT2D eigenvalue weighted by atomic mass is 10.1. The van der Waals surface area contributed by atoms with Gasteiger partial charge in [-0.2, -0.15) is 0 Å². The fraction of sp³-hybridized carbons (Fsp3) is 0.750. The first kappa shape index (κ1) is 10.9. The molecule has 0 aromatic carbocycles. The van der Waals surface area contributed by atoms with Gasteiger partial charge in [-0.25, -0.2) is 0 Å². The molecule has 0 saturated heterocycles. The lowest BCUT2D eigenvalue weighted by molar-refractivity contribution is -0.144. The molecule has 0 aromatic rings. The summed E-state index contributed by atoms with van der Waals surface area (Å²) in [4.78, 5) is 23.4. The summed E-state index contributed by atoms with van der Waals surface area (Å²) in [6.45, 7) is 5.48. The topological polar surface area (TPSA) is 49.4 Å². The van der Waals surface area contributed by atoms with E-state index in [-0.39, 0.29) is 5.54 Å². The third-order valence-corrected chi connectivity index (χ3v) is 1.09. The van der Waals surface area contributed by atoms with E-state index in [0.29, 0.717) is 0 Å². The summed E-state index contributed by atoms with van der Waals surface area (Å²) in [6.07, 6.45) is 0. The first-order valence-corrected chi connectivity index (χ1v) is 3.78. The average molecular weight is 172 g/mol. The number of nitrogens with one attached hydrogen (secondary N) is 1. The lowest BCUT2D eigenvalue weighted by Gasteiger charge is -2.21. The maximum absolute atomic E-state index is 11.1. The molecular formula is C8H16N2O2. The maximum Gasteiger partial charge on any atom is 0.311 e. The predicted octanol–water partition coefficient (Wildman–Crippen LogP) is -0.0107. The molecule has 0 atom stereocenters. The van der Waals surface area contributed by atoms with Crippen molar-refractivity contribution in [3.8, 4) is 0 Å². The summed E-state index contributed by atoms with van der Waals surface area (Å²) in [5, 5.41) is 2.57. The monoisotopic (exact) mass is 172 g/mol. The third kappa shape index (κ3) is 3.95. The number of carbonyl (C=O) groups is 2. The van der Waals surface area contributed by atoms with Crippen molar-refractivity contribution in [2.75, 3.05) is 14.1 Å². The van der Waals surface area contributed by atoms with E-state index in [9.17, 15) is 9.59 Å². The molecule has 0 heterocycles. The summed E-state index contributed by atoms with van der Waals surface area (Å²) in [6, 6.07) is 0. The molecule has 1 N–H and O–H groups in total. The Kier molecular flexibility index (Phi) is 3.24. The van der Waals surface area contributed by atoms with Gasteiger partial charge >= 0.3 is 11.8 Å². The van der Waals surface area contributed by atoms with Gasteiger partial charge < -0.3 is 10.2 Å². The fourth-order valence-corrected chi connectivity index (χ4v) is 0.597. The van der Waals surface area contributed by atoms with Gasteiger partial charge in [0.2, 0.25) is 0 Å². The van der Waals surface area contributed by atoms with Gasteiger partial charge in [0.15, 0.2) is 0 Å². The Balaban J connectivity index is 4.15. The van der Waals surface area contributed by atoms with Crippen LogP contribution in [-0.4, -0.2) is 36.3 Å². The van der Waals surface area contributed by atoms with Crippen LogP contribution in [0.25, 0.3) is 0 Å². The van der Waals surface area contributed by atoms with Crippen molar-refractivity contribution in [1.82, 2.24) is 10.2 Å². The van der Waals surface area contributed by atoms with Gasteiger partial charge in [-0.15, -0.1) is 0 Å². The van der Waals surface area contributed by atoms with Crippen molar-refractivity contribution in [1.29, 1.82) is 0 Å². The zero-order valence-corrected chi connectivity index (χ0v) is 8.26. The second-order valence-electron chi connectivity index (χ2n) is 3.90. The molecule has 0 radical (unpaired) electrons. The Morgan fingerprint density at radius 1 is 1.17 bits per heavy atom. The number of rotatable bonds is 0. The molecule has 0 rings (SSSR count). The number of hydrogen-bond acceptors (Lipinski definition) is 2. The lowest BCUT2D eigenvalue weighted by Crippen LogP contribution is -2.47. The zero-order valence-electron chi connectivity index (χ0n) is 8.26. The molecule has 0 bridgehead atoms. The maximum atomic E-state index is 11.1. The number of amides is 2. The predicted molar refractivity (Wildman–Crippen MR) is 46.6 cm³/mol. The minimum absolute atomic E-state index is 0.358.